The second-order valence-corrected chi connectivity index (χ2v) is 8.57. The van der Waals surface area contributed by atoms with Gasteiger partial charge in [-0.1, -0.05) is 12.1 Å². The monoisotopic (exact) mass is 463 g/mol. The van der Waals surface area contributed by atoms with Crippen LogP contribution in [0.25, 0.3) is 16.9 Å². The van der Waals surface area contributed by atoms with Crippen LogP contribution in [-0.2, 0) is 10.0 Å². The van der Waals surface area contributed by atoms with Crippen LogP contribution in [0.4, 0.5) is 19.0 Å². The second-order valence-electron chi connectivity index (χ2n) is 6.85. The summed E-state index contributed by atoms with van der Waals surface area (Å²) in [5.74, 6) is 0.123. The van der Waals surface area contributed by atoms with E-state index in [-0.39, 0.29) is 16.4 Å². The fourth-order valence-electron chi connectivity index (χ4n) is 3.13. The highest BCUT2D eigenvalue weighted by Gasteiger charge is 2.44. The van der Waals surface area contributed by atoms with E-state index >= 15 is 0 Å². The van der Waals surface area contributed by atoms with Crippen molar-refractivity contribution in [3.05, 3.63) is 66.4 Å². The lowest BCUT2D eigenvalue weighted by molar-refractivity contribution is -0.153. The van der Waals surface area contributed by atoms with Crippen LogP contribution < -0.4 is 10.5 Å². The Bertz CT molecular complexity index is 1390. The Morgan fingerprint density at radius 3 is 2.59 bits per heavy atom. The summed E-state index contributed by atoms with van der Waals surface area (Å²) in [6.07, 6.45) is -1.10. The summed E-state index contributed by atoms with van der Waals surface area (Å²) >= 11 is 0. The summed E-state index contributed by atoms with van der Waals surface area (Å²) in [7, 11) is -4.58. The first kappa shape index (κ1) is 21.6. The summed E-state index contributed by atoms with van der Waals surface area (Å²) in [5.41, 5.74) is 7.04. The van der Waals surface area contributed by atoms with Crippen LogP contribution >= 0.6 is 0 Å². The molecule has 3 aromatic heterocycles. The standard InChI is InChI=1S/C19H16F3N7O2S/c1-11-5-6-12(8-13(11)15-9-25-18-17(23)26-10-27-29(15)18)32(30,31)28-16(19(20,21)22)14-4-2-3-7-24-14/h2-10,16,28H,1H3,(H2,23,26,27). The minimum absolute atomic E-state index is 0.123. The number of pyridine rings is 1. The number of sulfonamides is 1. The van der Waals surface area contributed by atoms with E-state index in [1.807, 2.05) is 0 Å². The predicted octanol–water partition coefficient (Wildman–Crippen LogP) is 2.66. The molecular formula is C19H16F3N7O2S. The van der Waals surface area contributed by atoms with Crippen molar-refractivity contribution in [2.45, 2.75) is 24.0 Å². The molecule has 0 bridgehead atoms. The van der Waals surface area contributed by atoms with Gasteiger partial charge in [-0.3, -0.25) is 4.98 Å². The van der Waals surface area contributed by atoms with Gasteiger partial charge in [0, 0.05) is 11.8 Å². The number of hydrogen-bond donors (Lipinski definition) is 2. The van der Waals surface area contributed by atoms with Gasteiger partial charge >= 0.3 is 6.18 Å². The molecule has 32 heavy (non-hydrogen) atoms. The number of hydrogen-bond acceptors (Lipinski definition) is 7. The average Bonchev–Trinajstić information content (AvgIpc) is 3.17. The topological polar surface area (TPSA) is 128 Å². The van der Waals surface area contributed by atoms with Gasteiger partial charge in [0.2, 0.25) is 10.0 Å². The molecule has 1 unspecified atom stereocenters. The first-order chi connectivity index (χ1) is 15.1. The number of nitrogens with zero attached hydrogens (tertiary/aromatic N) is 5. The van der Waals surface area contributed by atoms with Gasteiger partial charge < -0.3 is 5.73 Å². The number of aromatic nitrogens is 5. The Morgan fingerprint density at radius 1 is 1.12 bits per heavy atom. The maximum absolute atomic E-state index is 13.6. The Kier molecular flexibility index (Phi) is 5.30. The number of nitrogens with two attached hydrogens (primary N) is 1. The van der Waals surface area contributed by atoms with Gasteiger partial charge in [-0.2, -0.15) is 23.0 Å². The lowest BCUT2D eigenvalue weighted by Gasteiger charge is -2.21. The van der Waals surface area contributed by atoms with E-state index in [4.69, 9.17) is 5.73 Å². The summed E-state index contributed by atoms with van der Waals surface area (Å²) in [4.78, 5) is 11.3. The number of anilines is 1. The van der Waals surface area contributed by atoms with E-state index < -0.39 is 27.9 Å². The van der Waals surface area contributed by atoms with E-state index in [0.717, 1.165) is 12.3 Å². The van der Waals surface area contributed by atoms with Gasteiger partial charge in [0.25, 0.3) is 0 Å². The molecule has 1 atom stereocenters. The van der Waals surface area contributed by atoms with Gasteiger partial charge in [0.15, 0.2) is 17.5 Å². The summed E-state index contributed by atoms with van der Waals surface area (Å²) in [5, 5.41) is 4.07. The number of fused-ring (bicyclic) bond motifs is 1. The number of imidazole rings is 1. The van der Waals surface area contributed by atoms with Crippen LogP contribution in [0.15, 0.2) is 60.0 Å². The van der Waals surface area contributed by atoms with Gasteiger partial charge in [-0.25, -0.2) is 22.9 Å². The molecule has 0 aliphatic rings. The normalized spacial score (nSPS) is 13.4. The number of alkyl halides is 3. The molecule has 13 heteroatoms. The zero-order valence-electron chi connectivity index (χ0n) is 16.4. The molecule has 0 saturated heterocycles. The number of rotatable bonds is 5. The van der Waals surface area contributed by atoms with Gasteiger partial charge in [-0.05, 0) is 36.8 Å². The van der Waals surface area contributed by atoms with E-state index in [2.05, 4.69) is 20.1 Å². The quantitative estimate of drug-likeness (QED) is 0.466. The van der Waals surface area contributed by atoms with Crippen molar-refractivity contribution in [2.24, 2.45) is 0 Å². The molecule has 0 spiro atoms. The Hall–Kier alpha value is -3.58. The van der Waals surface area contributed by atoms with E-state index in [1.165, 1.54) is 47.4 Å². The third-order valence-corrected chi connectivity index (χ3v) is 6.13. The maximum atomic E-state index is 13.6. The second kappa shape index (κ2) is 7.84. The smallest absolute Gasteiger partial charge is 0.381 e. The molecule has 0 amide bonds. The SMILES string of the molecule is Cc1ccc(S(=O)(=O)NC(c2ccccn2)C(F)(F)F)cc1-c1cnc2c(N)ncnn12. The van der Waals surface area contributed by atoms with Crippen molar-refractivity contribution >= 4 is 21.5 Å². The molecule has 4 rings (SSSR count). The highest BCUT2D eigenvalue weighted by Crippen LogP contribution is 2.34. The zero-order valence-corrected chi connectivity index (χ0v) is 17.3. The van der Waals surface area contributed by atoms with Gasteiger partial charge in [0.05, 0.1) is 22.5 Å². The number of aryl methyl sites for hydroxylation is 1. The van der Waals surface area contributed by atoms with Crippen molar-refractivity contribution in [3.63, 3.8) is 0 Å². The predicted molar refractivity (Wildman–Crippen MR) is 109 cm³/mol. The first-order valence-corrected chi connectivity index (χ1v) is 10.6. The van der Waals surface area contributed by atoms with Crippen molar-refractivity contribution in [1.82, 2.24) is 29.3 Å². The van der Waals surface area contributed by atoms with Crippen LogP contribution in [0.3, 0.4) is 0 Å². The molecule has 1 aromatic carbocycles. The molecule has 0 saturated carbocycles. The summed E-state index contributed by atoms with van der Waals surface area (Å²) in [6.45, 7) is 1.72. The molecule has 3 N–H and O–H groups in total. The van der Waals surface area contributed by atoms with Crippen LogP contribution in [-0.4, -0.2) is 39.2 Å². The molecule has 4 aromatic rings. The van der Waals surface area contributed by atoms with Crippen molar-refractivity contribution in [2.75, 3.05) is 5.73 Å². The average molecular weight is 463 g/mol. The lowest BCUT2D eigenvalue weighted by atomic mass is 10.1. The molecule has 0 aliphatic heterocycles. The van der Waals surface area contributed by atoms with E-state index in [0.29, 0.717) is 16.8 Å². The number of nitrogen functional groups attached to an aromatic ring is 1. The highest BCUT2D eigenvalue weighted by molar-refractivity contribution is 7.89. The molecule has 0 fully saturated rings. The minimum atomic E-state index is -4.90. The highest BCUT2D eigenvalue weighted by atomic mass is 32.2. The minimum Gasteiger partial charge on any atom is -0.381 e. The number of halogens is 3. The fraction of sp³-hybridized carbons (Fsp3) is 0.158. The van der Waals surface area contributed by atoms with Crippen LogP contribution in [0.1, 0.15) is 17.3 Å². The van der Waals surface area contributed by atoms with Gasteiger partial charge in [0.1, 0.15) is 6.33 Å². The van der Waals surface area contributed by atoms with Crippen molar-refractivity contribution in [1.29, 1.82) is 0 Å². The molecule has 0 radical (unpaired) electrons. The van der Waals surface area contributed by atoms with E-state index in [1.54, 1.807) is 11.6 Å². The van der Waals surface area contributed by atoms with Gasteiger partial charge in [-0.15, -0.1) is 0 Å². The third kappa shape index (κ3) is 3.99. The Morgan fingerprint density at radius 2 is 1.91 bits per heavy atom. The van der Waals surface area contributed by atoms with Crippen molar-refractivity contribution < 1.29 is 21.6 Å². The van der Waals surface area contributed by atoms with Crippen LogP contribution in [0.5, 0.6) is 0 Å². The maximum Gasteiger partial charge on any atom is 0.410 e. The number of benzene rings is 1. The van der Waals surface area contributed by atoms with Crippen LogP contribution in [0, 0.1) is 6.92 Å². The molecule has 9 nitrogen and oxygen atoms in total. The largest absolute Gasteiger partial charge is 0.410 e. The molecule has 166 valence electrons. The Balaban J connectivity index is 1.77. The zero-order chi connectivity index (χ0) is 23.1. The lowest BCUT2D eigenvalue weighted by Crippen LogP contribution is -2.38. The fourth-order valence-corrected chi connectivity index (χ4v) is 4.35. The van der Waals surface area contributed by atoms with Crippen molar-refractivity contribution in [3.8, 4) is 11.3 Å². The third-order valence-electron chi connectivity index (χ3n) is 4.71. The number of nitrogens with one attached hydrogen (secondary N) is 1. The summed E-state index contributed by atoms with van der Waals surface area (Å²) < 4.78 is 69.8. The Labute approximate surface area is 180 Å². The summed E-state index contributed by atoms with van der Waals surface area (Å²) in [6, 6.07) is 5.33. The van der Waals surface area contributed by atoms with Crippen LogP contribution in [0.2, 0.25) is 0 Å². The molecule has 0 aliphatic carbocycles. The van der Waals surface area contributed by atoms with E-state index in [9.17, 15) is 21.6 Å². The first-order valence-electron chi connectivity index (χ1n) is 9.13. The molecule has 3 heterocycles. The molecular weight excluding hydrogens is 447 g/mol.